The van der Waals surface area contributed by atoms with Crippen LogP contribution < -0.4 is 4.74 Å². The first kappa shape index (κ1) is 6.74. The highest BCUT2D eigenvalue weighted by Crippen LogP contribution is 2.16. The van der Waals surface area contributed by atoms with Crippen LogP contribution in [0.1, 0.15) is 0 Å². The average molecular weight is 136 g/mol. The molecule has 0 fully saturated rings. The van der Waals surface area contributed by atoms with Crippen molar-refractivity contribution in [1.82, 2.24) is 4.98 Å². The first-order valence-electron chi connectivity index (χ1n) is 2.83. The molecule has 3 nitrogen and oxygen atoms in total. The number of rotatable bonds is 2. The third-order valence-electron chi connectivity index (χ3n) is 1.11. The van der Waals surface area contributed by atoms with Gasteiger partial charge in [0.05, 0.1) is 7.11 Å². The van der Waals surface area contributed by atoms with Crippen LogP contribution in [-0.4, -0.2) is 12.1 Å². The minimum Gasteiger partial charge on any atom is -0.489 e. The number of ether oxygens (including phenoxy) is 1. The van der Waals surface area contributed by atoms with Crippen molar-refractivity contribution in [3.63, 3.8) is 0 Å². The minimum absolute atomic E-state index is 0.590. The van der Waals surface area contributed by atoms with Gasteiger partial charge in [-0.25, -0.2) is 4.98 Å². The van der Waals surface area contributed by atoms with Crippen molar-refractivity contribution in [2.75, 3.05) is 7.11 Å². The van der Waals surface area contributed by atoms with E-state index in [1.807, 2.05) is 0 Å². The van der Waals surface area contributed by atoms with E-state index in [-0.39, 0.29) is 0 Å². The topological polar surface area (TPSA) is 36.2 Å². The zero-order valence-corrected chi connectivity index (χ0v) is 5.74. The van der Waals surface area contributed by atoms with Gasteiger partial charge in [-0.15, -0.1) is 0 Å². The highest BCUT2D eigenvalue weighted by atomic mass is 16.5. The largest absolute Gasteiger partial charge is 0.489 e. The van der Waals surface area contributed by atoms with Crippen LogP contribution in [0, 0.1) is 7.05 Å². The SMILES string of the molecule is [CH2+][N-]c1ccc(OC)nc1. The molecule has 3 heteroatoms. The smallest absolute Gasteiger partial charge is 0.212 e. The molecule has 1 aromatic rings. The minimum atomic E-state index is 0.590. The quantitative estimate of drug-likeness (QED) is 0.582. The fraction of sp³-hybridized carbons (Fsp3) is 0.143. The number of hydrogen-bond acceptors (Lipinski definition) is 2. The molecule has 0 atom stereocenters. The zero-order valence-electron chi connectivity index (χ0n) is 5.74. The molecule has 0 radical (unpaired) electrons. The Bertz CT molecular complexity index is 172. The zero-order chi connectivity index (χ0) is 7.40. The molecule has 0 saturated heterocycles. The van der Waals surface area contributed by atoms with Crippen LogP contribution in [0.4, 0.5) is 5.69 Å². The summed E-state index contributed by atoms with van der Waals surface area (Å²) in [6.45, 7) is 0. The molecule has 1 rings (SSSR count). The maximum Gasteiger partial charge on any atom is 0.212 e. The van der Waals surface area contributed by atoms with E-state index in [2.05, 4.69) is 17.3 Å². The van der Waals surface area contributed by atoms with Crippen LogP contribution in [0.3, 0.4) is 0 Å². The van der Waals surface area contributed by atoms with Crippen molar-refractivity contribution in [2.24, 2.45) is 0 Å². The van der Waals surface area contributed by atoms with Gasteiger partial charge < -0.3 is 10.1 Å². The molecule has 0 saturated carbocycles. The van der Waals surface area contributed by atoms with E-state index in [1.165, 1.54) is 0 Å². The molecule has 0 aliphatic heterocycles. The molecule has 0 N–H and O–H groups in total. The maximum atomic E-state index is 4.84. The van der Waals surface area contributed by atoms with Crippen LogP contribution in [-0.2, 0) is 0 Å². The summed E-state index contributed by atoms with van der Waals surface area (Å²) in [6.07, 6.45) is 1.60. The summed E-state index contributed by atoms with van der Waals surface area (Å²) in [7, 11) is 4.93. The van der Waals surface area contributed by atoms with E-state index in [0.29, 0.717) is 5.88 Å². The summed E-state index contributed by atoms with van der Waals surface area (Å²) in [5.74, 6) is 0.590. The van der Waals surface area contributed by atoms with E-state index < -0.39 is 0 Å². The van der Waals surface area contributed by atoms with Crippen LogP contribution in [0.2, 0.25) is 0 Å². The van der Waals surface area contributed by atoms with Crippen LogP contribution in [0.5, 0.6) is 5.88 Å². The monoisotopic (exact) mass is 136 g/mol. The highest BCUT2D eigenvalue weighted by molar-refractivity contribution is 5.47. The first-order chi connectivity index (χ1) is 4.86. The van der Waals surface area contributed by atoms with E-state index >= 15 is 0 Å². The average Bonchev–Trinajstić information content (AvgIpc) is 2.05. The second-order valence-electron chi connectivity index (χ2n) is 1.72. The lowest BCUT2D eigenvalue weighted by molar-refractivity contribution is 0.398. The van der Waals surface area contributed by atoms with Crippen molar-refractivity contribution >= 4 is 5.69 Å². The third-order valence-corrected chi connectivity index (χ3v) is 1.11. The van der Waals surface area contributed by atoms with Gasteiger partial charge in [0.25, 0.3) is 0 Å². The predicted octanol–water partition coefficient (Wildman–Crippen LogP) is 1.89. The second-order valence-corrected chi connectivity index (χ2v) is 1.72. The fourth-order valence-electron chi connectivity index (χ4n) is 0.587. The Morgan fingerprint density at radius 3 is 2.80 bits per heavy atom. The molecular formula is C7H8N2O. The standard InChI is InChI=1S/C7H8N2O/c1-8-6-3-4-7(10-2)9-5-6/h3-5H,1H2,2H3. The number of pyridine rings is 1. The van der Waals surface area contributed by atoms with Gasteiger partial charge in [0, 0.05) is 13.2 Å². The maximum absolute atomic E-state index is 4.84. The molecule has 1 heterocycles. The van der Waals surface area contributed by atoms with Crippen molar-refractivity contribution in [1.29, 1.82) is 0 Å². The molecule has 0 aliphatic carbocycles. The number of methoxy groups -OCH3 is 1. The van der Waals surface area contributed by atoms with Crippen LogP contribution >= 0.6 is 0 Å². The first-order valence-corrected chi connectivity index (χ1v) is 2.83. The summed E-state index contributed by atoms with van der Waals surface area (Å²) in [4.78, 5) is 3.91. The van der Waals surface area contributed by atoms with E-state index in [9.17, 15) is 0 Å². The third kappa shape index (κ3) is 1.31. The Morgan fingerprint density at radius 1 is 1.60 bits per heavy atom. The number of nitrogens with zero attached hydrogens (tertiary/aromatic N) is 2. The van der Waals surface area contributed by atoms with Crippen molar-refractivity contribution in [3.8, 4) is 5.88 Å². The van der Waals surface area contributed by atoms with Crippen molar-refractivity contribution in [2.45, 2.75) is 0 Å². The normalized spacial score (nSPS) is 8.90. The molecule has 0 spiro atoms. The van der Waals surface area contributed by atoms with E-state index in [4.69, 9.17) is 4.74 Å². The molecule has 10 heavy (non-hydrogen) atoms. The van der Waals surface area contributed by atoms with Crippen LogP contribution in [0.15, 0.2) is 18.3 Å². The van der Waals surface area contributed by atoms with E-state index in [1.54, 1.807) is 25.4 Å². The molecular weight excluding hydrogens is 128 g/mol. The van der Waals surface area contributed by atoms with Gasteiger partial charge in [0.1, 0.15) is 0 Å². The molecule has 0 unspecified atom stereocenters. The summed E-state index contributed by atoms with van der Waals surface area (Å²) < 4.78 is 4.84. The Morgan fingerprint density at radius 2 is 2.40 bits per heavy atom. The van der Waals surface area contributed by atoms with Crippen molar-refractivity contribution < 1.29 is 4.74 Å². The van der Waals surface area contributed by atoms with Gasteiger partial charge in [-0.3, -0.25) is 0 Å². The Labute approximate surface area is 60.0 Å². The van der Waals surface area contributed by atoms with Gasteiger partial charge in [-0.2, -0.15) is 0 Å². The number of hydrogen-bond donors (Lipinski definition) is 0. The Balaban J connectivity index is 2.80. The lowest BCUT2D eigenvalue weighted by Gasteiger charge is -2.04. The molecule has 0 amide bonds. The highest BCUT2D eigenvalue weighted by Gasteiger charge is 1.86. The predicted molar refractivity (Wildman–Crippen MR) is 39.2 cm³/mol. The second kappa shape index (κ2) is 2.96. The summed E-state index contributed by atoms with van der Waals surface area (Å²) >= 11 is 0. The van der Waals surface area contributed by atoms with Crippen molar-refractivity contribution in [3.05, 3.63) is 30.7 Å². The summed E-state index contributed by atoms with van der Waals surface area (Å²) in [5.41, 5.74) is 0.751. The van der Waals surface area contributed by atoms with Crippen LogP contribution in [0.25, 0.3) is 5.32 Å². The van der Waals surface area contributed by atoms with Gasteiger partial charge in [-0.05, 0) is 6.07 Å². The van der Waals surface area contributed by atoms with Gasteiger partial charge in [0.15, 0.2) is 0 Å². The van der Waals surface area contributed by atoms with Gasteiger partial charge >= 0.3 is 0 Å². The number of aromatic nitrogens is 1. The Kier molecular flexibility index (Phi) is 1.99. The van der Waals surface area contributed by atoms with E-state index in [0.717, 1.165) is 5.69 Å². The molecule has 1 aromatic heterocycles. The lowest BCUT2D eigenvalue weighted by Crippen LogP contribution is -1.84. The Hall–Kier alpha value is -1.38. The molecule has 0 aliphatic rings. The molecule has 0 aromatic carbocycles. The fourth-order valence-corrected chi connectivity index (χ4v) is 0.587. The molecule has 52 valence electrons. The lowest BCUT2D eigenvalue weighted by atomic mass is 10.4. The van der Waals surface area contributed by atoms with Gasteiger partial charge in [-0.1, -0.05) is 11.8 Å². The summed E-state index contributed by atoms with van der Waals surface area (Å²) in [6, 6.07) is 3.53. The summed E-state index contributed by atoms with van der Waals surface area (Å²) in [5, 5.41) is 3.68. The van der Waals surface area contributed by atoms with Gasteiger partial charge in [0.2, 0.25) is 5.88 Å². The molecule has 0 bridgehead atoms.